The SMILES string of the molecule is CC(=O)OC(C)C.CC1CCC(C(=O)N(c2cc(C#CC(C)(C)C)sc2C(=O)O)C2CCC(O)CC2)CC1. The van der Waals surface area contributed by atoms with E-state index in [2.05, 4.69) is 23.5 Å². The van der Waals surface area contributed by atoms with Gasteiger partial charge in [0.15, 0.2) is 0 Å². The Bertz CT molecular complexity index is 1010. The van der Waals surface area contributed by atoms with Crippen LogP contribution in [0.3, 0.4) is 0 Å². The number of nitrogens with zero attached hydrogens (tertiary/aromatic N) is 1. The van der Waals surface area contributed by atoms with E-state index in [1.54, 1.807) is 11.0 Å². The second-order valence-electron chi connectivity index (χ2n) is 11.9. The van der Waals surface area contributed by atoms with Gasteiger partial charge < -0.3 is 19.8 Å². The van der Waals surface area contributed by atoms with Crippen LogP contribution in [0.5, 0.6) is 0 Å². The molecule has 2 fully saturated rings. The summed E-state index contributed by atoms with van der Waals surface area (Å²) in [5, 5.41) is 19.9. The highest BCUT2D eigenvalue weighted by atomic mass is 32.1. The van der Waals surface area contributed by atoms with Gasteiger partial charge in [-0.1, -0.05) is 18.8 Å². The molecule has 0 aromatic carbocycles. The molecule has 1 amide bonds. The monoisotopic (exact) mass is 547 g/mol. The van der Waals surface area contributed by atoms with Crippen LogP contribution in [-0.2, 0) is 14.3 Å². The molecule has 0 saturated heterocycles. The molecule has 2 aliphatic carbocycles. The second-order valence-corrected chi connectivity index (χ2v) is 13.0. The van der Waals surface area contributed by atoms with Crippen LogP contribution >= 0.6 is 11.3 Å². The molecule has 1 aromatic rings. The first-order valence-electron chi connectivity index (χ1n) is 13.8. The van der Waals surface area contributed by atoms with Crippen molar-refractivity contribution in [3.63, 3.8) is 0 Å². The fourth-order valence-corrected chi connectivity index (χ4v) is 5.71. The zero-order chi connectivity index (χ0) is 28.6. The summed E-state index contributed by atoms with van der Waals surface area (Å²) in [6, 6.07) is 1.72. The Morgan fingerprint density at radius 1 is 1.05 bits per heavy atom. The predicted molar refractivity (Wildman–Crippen MR) is 151 cm³/mol. The minimum atomic E-state index is -1.02. The fraction of sp³-hybridized carbons (Fsp3) is 0.700. The van der Waals surface area contributed by atoms with Crippen LogP contribution in [-0.4, -0.2) is 46.3 Å². The van der Waals surface area contributed by atoms with Crippen LogP contribution in [0, 0.1) is 29.1 Å². The van der Waals surface area contributed by atoms with Gasteiger partial charge >= 0.3 is 11.9 Å². The molecule has 0 aliphatic heterocycles. The second kappa shape index (κ2) is 14.1. The number of esters is 1. The number of rotatable bonds is 5. The molecule has 1 aromatic heterocycles. The highest BCUT2D eigenvalue weighted by molar-refractivity contribution is 7.15. The summed E-state index contributed by atoms with van der Waals surface area (Å²) in [4.78, 5) is 38.5. The quantitative estimate of drug-likeness (QED) is 0.333. The number of thiophene rings is 1. The summed E-state index contributed by atoms with van der Waals surface area (Å²) >= 11 is 1.15. The molecule has 2 saturated carbocycles. The molecule has 0 unspecified atom stereocenters. The molecule has 0 bridgehead atoms. The number of amides is 1. The van der Waals surface area contributed by atoms with Gasteiger partial charge in [0.1, 0.15) is 4.88 Å². The van der Waals surface area contributed by atoms with Gasteiger partial charge in [0.25, 0.3) is 0 Å². The maximum atomic E-state index is 13.7. The van der Waals surface area contributed by atoms with E-state index in [0.29, 0.717) is 42.2 Å². The van der Waals surface area contributed by atoms with Crippen molar-refractivity contribution < 1.29 is 29.3 Å². The lowest BCUT2D eigenvalue weighted by molar-refractivity contribution is -0.144. The molecule has 7 nitrogen and oxygen atoms in total. The van der Waals surface area contributed by atoms with E-state index in [9.17, 15) is 24.6 Å². The topological polar surface area (TPSA) is 104 Å². The minimum Gasteiger partial charge on any atom is -0.477 e. The van der Waals surface area contributed by atoms with Crippen molar-refractivity contribution in [2.45, 2.75) is 118 Å². The van der Waals surface area contributed by atoms with E-state index >= 15 is 0 Å². The van der Waals surface area contributed by atoms with E-state index in [4.69, 9.17) is 0 Å². The Morgan fingerprint density at radius 2 is 1.63 bits per heavy atom. The molecule has 0 spiro atoms. The number of anilines is 1. The van der Waals surface area contributed by atoms with Crippen LogP contribution in [0.15, 0.2) is 6.07 Å². The van der Waals surface area contributed by atoms with Crippen LogP contribution < -0.4 is 4.90 Å². The van der Waals surface area contributed by atoms with Crippen molar-refractivity contribution in [1.82, 2.24) is 0 Å². The van der Waals surface area contributed by atoms with Crippen LogP contribution in [0.2, 0.25) is 0 Å². The van der Waals surface area contributed by atoms with E-state index < -0.39 is 5.97 Å². The Balaban J connectivity index is 0.000000638. The Morgan fingerprint density at radius 3 is 2.08 bits per heavy atom. The van der Waals surface area contributed by atoms with E-state index in [0.717, 1.165) is 37.0 Å². The molecule has 38 heavy (non-hydrogen) atoms. The molecule has 2 aliphatic rings. The first kappa shape index (κ1) is 31.8. The number of aliphatic hydroxyl groups excluding tert-OH is 1. The lowest BCUT2D eigenvalue weighted by Gasteiger charge is -2.38. The third-order valence-electron chi connectivity index (χ3n) is 6.76. The van der Waals surface area contributed by atoms with Gasteiger partial charge in [-0.05, 0) is 98.0 Å². The maximum Gasteiger partial charge on any atom is 0.348 e. The predicted octanol–water partition coefficient (Wildman–Crippen LogP) is 6.26. The summed E-state index contributed by atoms with van der Waals surface area (Å²) in [6.45, 7) is 13.3. The van der Waals surface area contributed by atoms with Crippen molar-refractivity contribution in [2.24, 2.45) is 17.3 Å². The highest BCUT2D eigenvalue weighted by Crippen LogP contribution is 2.38. The first-order chi connectivity index (χ1) is 17.7. The fourth-order valence-electron chi connectivity index (χ4n) is 4.87. The maximum absolute atomic E-state index is 13.7. The van der Waals surface area contributed by atoms with Crippen LogP contribution in [0.1, 0.15) is 114 Å². The minimum absolute atomic E-state index is 0.0255. The van der Waals surface area contributed by atoms with Crippen molar-refractivity contribution in [3.8, 4) is 11.8 Å². The van der Waals surface area contributed by atoms with Crippen molar-refractivity contribution in [3.05, 3.63) is 15.8 Å². The average molecular weight is 548 g/mol. The number of hydrogen-bond donors (Lipinski definition) is 2. The number of ether oxygens (including phenoxy) is 1. The van der Waals surface area contributed by atoms with Gasteiger partial charge in [0.05, 0.1) is 22.8 Å². The first-order valence-corrected chi connectivity index (χ1v) is 14.6. The van der Waals surface area contributed by atoms with Crippen molar-refractivity contribution in [2.75, 3.05) is 4.90 Å². The standard InChI is InChI=1S/C25H35NO4S.C5H10O2/c1-16-5-7-17(8-6-16)23(28)26(18-9-11-19(27)12-10-18)21-15-20(13-14-25(2,3)4)31-22(21)24(29)30;1-4(2)7-5(3)6/h15-19,27H,5-12H2,1-4H3,(H,29,30);4H,1-3H3. The summed E-state index contributed by atoms with van der Waals surface area (Å²) in [7, 11) is 0. The Hall–Kier alpha value is -2.37. The zero-order valence-electron chi connectivity index (χ0n) is 24.0. The molecule has 0 radical (unpaired) electrons. The van der Waals surface area contributed by atoms with E-state index in [1.807, 2.05) is 34.6 Å². The van der Waals surface area contributed by atoms with Gasteiger partial charge in [0.2, 0.25) is 5.91 Å². The van der Waals surface area contributed by atoms with Gasteiger partial charge in [0, 0.05) is 24.3 Å². The molecule has 2 N–H and O–H groups in total. The zero-order valence-corrected chi connectivity index (χ0v) is 24.8. The number of carbonyl (C=O) groups is 3. The van der Waals surface area contributed by atoms with Gasteiger partial charge in [-0.3, -0.25) is 9.59 Å². The van der Waals surface area contributed by atoms with Crippen molar-refractivity contribution in [1.29, 1.82) is 0 Å². The van der Waals surface area contributed by atoms with Crippen LogP contribution in [0.4, 0.5) is 5.69 Å². The lowest BCUT2D eigenvalue weighted by atomic mass is 9.81. The molecule has 0 atom stereocenters. The Kier molecular flexibility index (Phi) is 11.8. The van der Waals surface area contributed by atoms with Gasteiger partial charge in [-0.2, -0.15) is 0 Å². The summed E-state index contributed by atoms with van der Waals surface area (Å²) < 4.78 is 4.61. The summed E-state index contributed by atoms with van der Waals surface area (Å²) in [5.74, 6) is 5.68. The van der Waals surface area contributed by atoms with Gasteiger partial charge in [-0.15, -0.1) is 11.3 Å². The average Bonchev–Trinajstić information content (AvgIpc) is 3.23. The number of carbonyl (C=O) groups excluding carboxylic acids is 2. The third kappa shape index (κ3) is 10.1. The number of aromatic carboxylic acids is 1. The molecular formula is C30H45NO6S. The molecule has 1 heterocycles. The number of carboxylic acids is 1. The number of hydrogen-bond acceptors (Lipinski definition) is 6. The highest BCUT2D eigenvalue weighted by Gasteiger charge is 2.37. The number of carboxylic acid groups (broad SMARTS) is 1. The van der Waals surface area contributed by atoms with E-state index in [1.165, 1.54) is 6.92 Å². The molecular weight excluding hydrogens is 502 g/mol. The smallest absolute Gasteiger partial charge is 0.348 e. The molecule has 8 heteroatoms. The van der Waals surface area contributed by atoms with Crippen molar-refractivity contribution >= 4 is 34.9 Å². The normalized spacial score (nSPS) is 23.4. The summed E-state index contributed by atoms with van der Waals surface area (Å²) in [6.07, 6.45) is 6.12. The summed E-state index contributed by atoms with van der Waals surface area (Å²) in [5.41, 5.74) is 0.294. The molecule has 212 valence electrons. The third-order valence-corrected chi connectivity index (χ3v) is 7.79. The van der Waals surface area contributed by atoms with Crippen LogP contribution in [0.25, 0.3) is 0 Å². The van der Waals surface area contributed by atoms with Gasteiger partial charge in [-0.25, -0.2) is 4.79 Å². The molecule has 3 rings (SSSR count). The largest absolute Gasteiger partial charge is 0.477 e. The van der Waals surface area contributed by atoms with E-state index in [-0.39, 0.29) is 46.3 Å². The number of aliphatic hydroxyl groups is 1. The lowest BCUT2D eigenvalue weighted by Crippen LogP contribution is -2.47. The Labute approximate surface area is 232 Å².